The van der Waals surface area contributed by atoms with Crippen LogP contribution in [0, 0.1) is 3.57 Å². The second-order valence-corrected chi connectivity index (χ2v) is 6.04. The highest BCUT2D eigenvalue weighted by atomic mass is 127. The lowest BCUT2D eigenvalue weighted by molar-refractivity contribution is 0.469. The van der Waals surface area contributed by atoms with Crippen molar-refractivity contribution in [3.05, 3.63) is 33.4 Å². The Morgan fingerprint density at radius 3 is 2.50 bits per heavy atom. The van der Waals surface area contributed by atoms with Crippen LogP contribution >= 0.6 is 22.6 Å². The quantitative estimate of drug-likeness (QED) is 0.466. The van der Waals surface area contributed by atoms with Crippen LogP contribution in [0.3, 0.4) is 0 Å². The van der Waals surface area contributed by atoms with Gasteiger partial charge in [0.2, 0.25) is 0 Å². The van der Waals surface area contributed by atoms with E-state index < -0.39 is 0 Å². The summed E-state index contributed by atoms with van der Waals surface area (Å²) in [7, 11) is 0. The summed E-state index contributed by atoms with van der Waals surface area (Å²) in [6.45, 7) is 5.62. The molecular formula is C16H26IN. The zero-order chi connectivity index (χ0) is 13.2. The Balaban J connectivity index is 2.57. The van der Waals surface area contributed by atoms with Crippen molar-refractivity contribution < 1.29 is 0 Å². The van der Waals surface area contributed by atoms with Crippen molar-refractivity contribution in [2.75, 3.05) is 6.54 Å². The second kappa shape index (κ2) is 9.79. The Kier molecular flexibility index (Phi) is 8.68. The van der Waals surface area contributed by atoms with Crippen LogP contribution in [0.5, 0.6) is 0 Å². The summed E-state index contributed by atoms with van der Waals surface area (Å²) >= 11 is 2.46. The summed E-state index contributed by atoms with van der Waals surface area (Å²) in [5, 5.41) is 3.70. The maximum atomic E-state index is 3.70. The predicted molar refractivity (Wildman–Crippen MR) is 89.0 cm³/mol. The molecule has 1 unspecified atom stereocenters. The van der Waals surface area contributed by atoms with Crippen LogP contribution in [0.4, 0.5) is 0 Å². The van der Waals surface area contributed by atoms with Crippen molar-refractivity contribution >= 4 is 22.6 Å². The maximum absolute atomic E-state index is 3.70. The third kappa shape index (κ3) is 5.70. The van der Waals surface area contributed by atoms with E-state index in [4.69, 9.17) is 0 Å². The van der Waals surface area contributed by atoms with Gasteiger partial charge in [-0.3, -0.25) is 0 Å². The maximum Gasteiger partial charge on any atom is 0.0330 e. The molecule has 1 N–H and O–H groups in total. The van der Waals surface area contributed by atoms with E-state index in [0.717, 1.165) is 6.54 Å². The molecule has 1 atom stereocenters. The number of hydrogen-bond acceptors (Lipinski definition) is 1. The van der Waals surface area contributed by atoms with Crippen LogP contribution in [-0.2, 0) is 0 Å². The molecule has 0 aromatic heterocycles. The molecule has 1 aromatic rings. The molecular weight excluding hydrogens is 333 g/mol. The third-order valence-electron chi connectivity index (χ3n) is 3.27. The van der Waals surface area contributed by atoms with Gasteiger partial charge in [0.1, 0.15) is 0 Å². The number of nitrogens with one attached hydrogen (secondary N) is 1. The molecule has 102 valence electrons. The number of hydrogen-bond donors (Lipinski definition) is 1. The Morgan fingerprint density at radius 1 is 1.06 bits per heavy atom. The molecule has 1 aromatic carbocycles. The van der Waals surface area contributed by atoms with Gasteiger partial charge in [-0.1, -0.05) is 57.7 Å². The van der Waals surface area contributed by atoms with Gasteiger partial charge >= 0.3 is 0 Å². The van der Waals surface area contributed by atoms with E-state index in [1.807, 2.05) is 0 Å². The van der Waals surface area contributed by atoms with Gasteiger partial charge in [-0.25, -0.2) is 0 Å². The van der Waals surface area contributed by atoms with Crippen LogP contribution in [0.25, 0.3) is 0 Å². The van der Waals surface area contributed by atoms with E-state index >= 15 is 0 Å². The molecule has 0 amide bonds. The van der Waals surface area contributed by atoms with Crippen LogP contribution < -0.4 is 5.32 Å². The average Bonchev–Trinajstić information content (AvgIpc) is 2.39. The van der Waals surface area contributed by atoms with E-state index in [9.17, 15) is 0 Å². The van der Waals surface area contributed by atoms with Crippen molar-refractivity contribution in [2.24, 2.45) is 0 Å². The molecule has 0 aliphatic carbocycles. The van der Waals surface area contributed by atoms with E-state index in [-0.39, 0.29) is 0 Å². The van der Waals surface area contributed by atoms with Crippen LogP contribution in [0.15, 0.2) is 24.3 Å². The number of rotatable bonds is 9. The molecule has 0 saturated carbocycles. The SMILES string of the molecule is CCCCCCC(NCCC)c1ccccc1I. The van der Waals surface area contributed by atoms with E-state index in [1.54, 1.807) is 0 Å². The van der Waals surface area contributed by atoms with Gasteiger partial charge in [0.15, 0.2) is 0 Å². The minimum Gasteiger partial charge on any atom is -0.310 e. The van der Waals surface area contributed by atoms with Crippen LogP contribution in [0.2, 0.25) is 0 Å². The first kappa shape index (κ1) is 16.0. The van der Waals surface area contributed by atoms with Gasteiger partial charge in [0.05, 0.1) is 0 Å². The zero-order valence-corrected chi connectivity index (χ0v) is 13.9. The molecule has 0 aliphatic heterocycles. The molecule has 1 rings (SSSR count). The first-order chi connectivity index (χ1) is 8.79. The fourth-order valence-electron chi connectivity index (χ4n) is 2.22. The topological polar surface area (TPSA) is 12.0 Å². The molecule has 18 heavy (non-hydrogen) atoms. The minimum atomic E-state index is 0.537. The third-order valence-corrected chi connectivity index (χ3v) is 4.25. The molecule has 2 heteroatoms. The van der Waals surface area contributed by atoms with Crippen molar-refractivity contribution in [3.8, 4) is 0 Å². The summed E-state index contributed by atoms with van der Waals surface area (Å²) in [6.07, 6.45) is 7.85. The van der Waals surface area contributed by atoms with E-state index in [1.165, 1.54) is 47.7 Å². The van der Waals surface area contributed by atoms with Gasteiger partial charge in [-0.2, -0.15) is 0 Å². The van der Waals surface area contributed by atoms with Crippen LogP contribution in [0.1, 0.15) is 64.0 Å². The van der Waals surface area contributed by atoms with Gasteiger partial charge in [-0.15, -0.1) is 0 Å². The average molecular weight is 359 g/mol. The molecule has 0 spiro atoms. The molecule has 0 aliphatic rings. The molecule has 0 fully saturated rings. The lowest BCUT2D eigenvalue weighted by Crippen LogP contribution is -2.22. The monoisotopic (exact) mass is 359 g/mol. The largest absolute Gasteiger partial charge is 0.310 e. The highest BCUT2D eigenvalue weighted by Gasteiger charge is 2.12. The smallest absolute Gasteiger partial charge is 0.0330 e. The number of halogens is 1. The van der Waals surface area contributed by atoms with Crippen molar-refractivity contribution in [3.63, 3.8) is 0 Å². The standard InChI is InChI=1S/C16H26IN/c1-3-5-6-7-12-16(18-13-4-2)14-10-8-9-11-15(14)17/h8-11,16,18H,3-7,12-13H2,1-2H3. The van der Waals surface area contributed by atoms with E-state index in [2.05, 4.69) is 66.0 Å². The molecule has 0 radical (unpaired) electrons. The fourth-order valence-corrected chi connectivity index (χ4v) is 2.98. The normalized spacial score (nSPS) is 12.6. The molecule has 1 nitrogen and oxygen atoms in total. The Bertz CT molecular complexity index is 325. The second-order valence-electron chi connectivity index (χ2n) is 4.88. The van der Waals surface area contributed by atoms with Gasteiger partial charge in [-0.05, 0) is 53.6 Å². The first-order valence-corrected chi connectivity index (χ1v) is 8.35. The predicted octanol–water partition coefficient (Wildman–Crippen LogP) is 5.30. The Hall–Kier alpha value is -0.0900. The fraction of sp³-hybridized carbons (Fsp3) is 0.625. The summed E-state index contributed by atoms with van der Waals surface area (Å²) in [5.41, 5.74) is 1.48. The van der Waals surface area contributed by atoms with E-state index in [0.29, 0.717) is 6.04 Å². The number of unbranched alkanes of at least 4 members (excludes halogenated alkanes) is 3. The summed E-state index contributed by atoms with van der Waals surface area (Å²) in [4.78, 5) is 0. The highest BCUT2D eigenvalue weighted by Crippen LogP contribution is 2.24. The Labute approximate surface area is 126 Å². The summed E-state index contributed by atoms with van der Waals surface area (Å²) in [6, 6.07) is 9.30. The Morgan fingerprint density at radius 2 is 1.83 bits per heavy atom. The first-order valence-electron chi connectivity index (χ1n) is 7.27. The molecule has 0 heterocycles. The van der Waals surface area contributed by atoms with Crippen molar-refractivity contribution in [2.45, 2.75) is 58.4 Å². The van der Waals surface area contributed by atoms with Crippen molar-refractivity contribution in [1.82, 2.24) is 5.32 Å². The number of benzene rings is 1. The van der Waals surface area contributed by atoms with Crippen molar-refractivity contribution in [1.29, 1.82) is 0 Å². The molecule has 0 saturated heterocycles. The minimum absolute atomic E-state index is 0.537. The van der Waals surface area contributed by atoms with Gasteiger partial charge in [0.25, 0.3) is 0 Å². The highest BCUT2D eigenvalue weighted by molar-refractivity contribution is 14.1. The van der Waals surface area contributed by atoms with Gasteiger partial charge in [0, 0.05) is 9.61 Å². The summed E-state index contributed by atoms with van der Waals surface area (Å²) in [5.74, 6) is 0. The van der Waals surface area contributed by atoms with Gasteiger partial charge < -0.3 is 5.32 Å². The zero-order valence-electron chi connectivity index (χ0n) is 11.7. The molecule has 0 bridgehead atoms. The summed E-state index contributed by atoms with van der Waals surface area (Å²) < 4.78 is 1.39. The van der Waals surface area contributed by atoms with Crippen LogP contribution in [-0.4, -0.2) is 6.54 Å². The lowest BCUT2D eigenvalue weighted by Gasteiger charge is -2.20. The lowest BCUT2D eigenvalue weighted by atomic mass is 10.00.